The number of unbranched alkanes of at least 4 members (excludes halogenated alkanes) is 2. The number of rotatable bonds is 8. The molecule has 11 heteroatoms. The van der Waals surface area contributed by atoms with Crippen molar-refractivity contribution in [1.82, 2.24) is 9.88 Å². The number of aliphatic carboxylic acids is 1. The van der Waals surface area contributed by atoms with Gasteiger partial charge in [-0.25, -0.2) is 0 Å². The van der Waals surface area contributed by atoms with Crippen molar-refractivity contribution < 1.29 is 29.3 Å². The molecule has 2 aromatic rings. The van der Waals surface area contributed by atoms with Crippen LogP contribution in [0.2, 0.25) is 0 Å². The molecule has 0 aliphatic carbocycles. The van der Waals surface area contributed by atoms with Crippen LogP contribution >= 0.6 is 23.1 Å². The van der Waals surface area contributed by atoms with E-state index in [4.69, 9.17) is 9.84 Å². The molecular weight excluding hydrogens is 456 g/mol. The lowest BCUT2D eigenvalue weighted by atomic mass is 9.83. The number of amides is 2. The smallest absolute Gasteiger partial charge is 0.305 e. The summed E-state index contributed by atoms with van der Waals surface area (Å²) in [6.07, 6.45) is 1.68. The molecular formula is C21H22N2O7S2. The maximum atomic E-state index is 13.4. The summed E-state index contributed by atoms with van der Waals surface area (Å²) >= 11 is 2.23. The second-order valence-electron chi connectivity index (χ2n) is 7.71. The van der Waals surface area contributed by atoms with Crippen LogP contribution in [0, 0.1) is 5.92 Å². The molecule has 3 atom stereocenters. The molecule has 1 aromatic heterocycles. The molecule has 9 nitrogen and oxygen atoms in total. The number of carboxylic acid groups (broad SMARTS) is 1. The number of methoxy groups -OCH3 is 1. The number of phenols is 1. The van der Waals surface area contributed by atoms with Gasteiger partial charge in [-0.2, -0.15) is 0 Å². The van der Waals surface area contributed by atoms with E-state index < -0.39 is 23.1 Å². The summed E-state index contributed by atoms with van der Waals surface area (Å²) in [5.41, 5.74) is 0.677. The maximum absolute atomic E-state index is 13.4. The van der Waals surface area contributed by atoms with E-state index in [0.717, 1.165) is 11.3 Å². The van der Waals surface area contributed by atoms with Crippen LogP contribution in [-0.4, -0.2) is 56.8 Å². The van der Waals surface area contributed by atoms with Gasteiger partial charge in [-0.3, -0.25) is 24.1 Å². The van der Waals surface area contributed by atoms with Gasteiger partial charge in [-0.15, -0.1) is 0 Å². The first kappa shape index (κ1) is 22.4. The van der Waals surface area contributed by atoms with E-state index in [9.17, 15) is 24.3 Å². The Labute approximate surface area is 191 Å². The number of imide groups is 1. The molecule has 2 aliphatic heterocycles. The first-order valence-electron chi connectivity index (χ1n) is 10.2. The second-order valence-corrected chi connectivity index (χ2v) is 9.88. The number of aromatic nitrogens is 1. The van der Waals surface area contributed by atoms with Gasteiger partial charge in [-0.05, 0) is 30.5 Å². The standard InChI is InChI=1S/C21H22N2O7S2/c1-30-12-9-10(6-7-11(12)24)14-15-17(31-18-16(14)32-21(29)22-18)20(28)23(19(15)27)8-4-2-3-5-13(25)26/h6-7,9,14-15,17,24H,2-5,8H2,1H3,(H,22,29)(H,25,26)/t14-,15-,17+/m1/s1. The second kappa shape index (κ2) is 8.99. The van der Waals surface area contributed by atoms with Crippen LogP contribution in [0.5, 0.6) is 11.5 Å². The van der Waals surface area contributed by atoms with Gasteiger partial charge in [0.25, 0.3) is 0 Å². The number of benzene rings is 1. The lowest BCUT2D eigenvalue weighted by Crippen LogP contribution is -2.33. The summed E-state index contributed by atoms with van der Waals surface area (Å²) in [7, 11) is 1.43. The molecule has 0 bridgehead atoms. The number of H-pyrrole nitrogens is 1. The van der Waals surface area contributed by atoms with E-state index in [1.54, 1.807) is 12.1 Å². The number of fused-ring (bicyclic) bond motifs is 2. The van der Waals surface area contributed by atoms with Crippen molar-refractivity contribution in [2.24, 2.45) is 5.92 Å². The van der Waals surface area contributed by atoms with Gasteiger partial charge in [0.05, 0.1) is 18.1 Å². The third kappa shape index (κ3) is 4.02. The van der Waals surface area contributed by atoms with Crippen molar-refractivity contribution >= 4 is 40.9 Å². The Balaban J connectivity index is 1.64. The molecule has 2 aliphatic rings. The highest BCUT2D eigenvalue weighted by Gasteiger charge is 2.55. The third-order valence-electron chi connectivity index (χ3n) is 5.75. The lowest BCUT2D eigenvalue weighted by Gasteiger charge is -2.30. The summed E-state index contributed by atoms with van der Waals surface area (Å²) in [5.74, 6) is -2.46. The summed E-state index contributed by atoms with van der Waals surface area (Å²) in [6.45, 7) is 0.237. The van der Waals surface area contributed by atoms with Gasteiger partial charge in [0.1, 0.15) is 5.25 Å². The van der Waals surface area contributed by atoms with Crippen LogP contribution in [0.3, 0.4) is 0 Å². The molecule has 3 N–H and O–H groups in total. The third-order valence-corrected chi connectivity index (χ3v) is 8.15. The van der Waals surface area contributed by atoms with Crippen molar-refractivity contribution in [2.75, 3.05) is 13.7 Å². The van der Waals surface area contributed by atoms with E-state index >= 15 is 0 Å². The minimum Gasteiger partial charge on any atom is -0.504 e. The number of aromatic amines is 1. The quantitative estimate of drug-likeness (QED) is 0.389. The number of thiazole rings is 1. The molecule has 32 heavy (non-hydrogen) atoms. The van der Waals surface area contributed by atoms with Crippen molar-refractivity contribution in [3.05, 3.63) is 38.3 Å². The number of nitrogens with zero attached hydrogens (tertiary/aromatic N) is 1. The average Bonchev–Trinajstić information content (AvgIpc) is 3.24. The summed E-state index contributed by atoms with van der Waals surface area (Å²) in [5, 5.41) is 18.7. The highest BCUT2D eigenvalue weighted by molar-refractivity contribution is 8.00. The Morgan fingerprint density at radius 2 is 1.97 bits per heavy atom. The Hall–Kier alpha value is -2.79. The molecule has 0 spiro atoms. The van der Waals surface area contributed by atoms with Gasteiger partial charge in [0.2, 0.25) is 11.8 Å². The van der Waals surface area contributed by atoms with Crippen molar-refractivity contribution in [1.29, 1.82) is 0 Å². The predicted molar refractivity (Wildman–Crippen MR) is 117 cm³/mol. The molecule has 1 fully saturated rings. The van der Waals surface area contributed by atoms with E-state index in [2.05, 4.69) is 4.98 Å². The highest BCUT2D eigenvalue weighted by atomic mass is 32.2. The monoisotopic (exact) mass is 478 g/mol. The number of hydrogen-bond donors (Lipinski definition) is 3. The topological polar surface area (TPSA) is 137 Å². The summed E-state index contributed by atoms with van der Waals surface area (Å²) in [6, 6.07) is 4.78. The van der Waals surface area contributed by atoms with Gasteiger partial charge in [-0.1, -0.05) is 35.6 Å². The number of ether oxygens (including phenoxy) is 1. The van der Waals surface area contributed by atoms with E-state index in [1.807, 2.05) is 0 Å². The molecule has 1 saturated heterocycles. The normalized spacial score (nSPS) is 22.0. The number of carbonyl (C=O) groups is 3. The Kier molecular flexibility index (Phi) is 6.29. The number of carbonyl (C=O) groups excluding carboxylic acids is 2. The SMILES string of the molecule is COc1cc([C@H]2c3sc(=O)[nH]c3S[C@@H]3C(=O)N(CCCCCC(=O)O)C(=O)[C@H]23)ccc1O. The fraction of sp³-hybridized carbons (Fsp3) is 0.429. The van der Waals surface area contributed by atoms with Gasteiger partial charge in [0, 0.05) is 23.8 Å². The number of carboxylic acids is 1. The molecule has 1 aromatic carbocycles. The van der Waals surface area contributed by atoms with Crippen LogP contribution in [0.4, 0.5) is 0 Å². The minimum absolute atomic E-state index is 0.0442. The van der Waals surface area contributed by atoms with E-state index in [1.165, 1.54) is 29.8 Å². The van der Waals surface area contributed by atoms with Crippen LogP contribution in [0.1, 0.15) is 42.0 Å². The first-order chi connectivity index (χ1) is 15.3. The average molecular weight is 479 g/mol. The number of phenolic OH excluding ortho intramolecular Hbond substituents is 1. The van der Waals surface area contributed by atoms with E-state index in [0.29, 0.717) is 34.7 Å². The van der Waals surface area contributed by atoms with Crippen molar-refractivity contribution in [3.63, 3.8) is 0 Å². The molecule has 170 valence electrons. The fourth-order valence-electron chi connectivity index (χ4n) is 4.26. The first-order valence-corrected chi connectivity index (χ1v) is 11.8. The minimum atomic E-state index is -0.868. The molecule has 0 radical (unpaired) electrons. The number of likely N-dealkylation sites (tertiary alicyclic amines) is 1. The molecule has 2 amide bonds. The van der Waals surface area contributed by atoms with Crippen LogP contribution in [-0.2, 0) is 14.4 Å². The van der Waals surface area contributed by atoms with Crippen LogP contribution in [0.25, 0.3) is 0 Å². The predicted octanol–water partition coefficient (Wildman–Crippen LogP) is 2.39. The summed E-state index contributed by atoms with van der Waals surface area (Å²) in [4.78, 5) is 53.7. The van der Waals surface area contributed by atoms with Crippen molar-refractivity contribution in [2.45, 2.75) is 41.9 Å². The maximum Gasteiger partial charge on any atom is 0.305 e. The van der Waals surface area contributed by atoms with Gasteiger partial charge >= 0.3 is 10.8 Å². The number of aromatic hydroxyl groups is 1. The lowest BCUT2D eigenvalue weighted by molar-refractivity contribution is -0.140. The largest absolute Gasteiger partial charge is 0.504 e. The van der Waals surface area contributed by atoms with Gasteiger partial charge < -0.3 is 19.9 Å². The zero-order chi connectivity index (χ0) is 23.0. The number of thioether (sulfide) groups is 1. The summed E-state index contributed by atoms with van der Waals surface area (Å²) < 4.78 is 5.22. The highest BCUT2D eigenvalue weighted by Crippen LogP contribution is 2.53. The fourth-order valence-corrected chi connectivity index (χ4v) is 6.80. The van der Waals surface area contributed by atoms with Crippen LogP contribution in [0.15, 0.2) is 28.0 Å². The zero-order valence-electron chi connectivity index (χ0n) is 17.2. The zero-order valence-corrected chi connectivity index (χ0v) is 18.8. The van der Waals surface area contributed by atoms with Crippen LogP contribution < -0.4 is 9.61 Å². The molecule has 0 unspecified atom stereocenters. The Morgan fingerprint density at radius 1 is 1.19 bits per heavy atom. The Morgan fingerprint density at radius 3 is 2.69 bits per heavy atom. The number of hydrogen-bond acceptors (Lipinski definition) is 8. The molecule has 3 heterocycles. The van der Waals surface area contributed by atoms with Gasteiger partial charge in [0.15, 0.2) is 11.5 Å². The molecule has 4 rings (SSSR count). The number of nitrogens with one attached hydrogen (secondary N) is 1. The van der Waals surface area contributed by atoms with Crippen molar-refractivity contribution in [3.8, 4) is 11.5 Å². The Bertz CT molecular complexity index is 1130. The molecule has 0 saturated carbocycles. The van der Waals surface area contributed by atoms with E-state index in [-0.39, 0.29) is 41.2 Å².